The first-order valence-electron chi connectivity index (χ1n) is 6.57. The van der Waals surface area contributed by atoms with Gasteiger partial charge in [0.15, 0.2) is 5.52 Å². The van der Waals surface area contributed by atoms with Crippen molar-refractivity contribution in [3.05, 3.63) is 67.8 Å². The highest BCUT2D eigenvalue weighted by Crippen LogP contribution is 2.36. The van der Waals surface area contributed by atoms with Crippen LogP contribution in [0.15, 0.2) is 36.4 Å². The van der Waals surface area contributed by atoms with Crippen molar-refractivity contribution in [2.75, 3.05) is 0 Å². The quantitative estimate of drug-likeness (QED) is 0.525. The predicted octanol–water partition coefficient (Wildman–Crippen LogP) is 3.16. The highest BCUT2D eigenvalue weighted by Gasteiger charge is 2.28. The lowest BCUT2D eigenvalue weighted by Crippen LogP contribution is -2.04. The highest BCUT2D eigenvalue weighted by molar-refractivity contribution is 7.00. The zero-order chi connectivity index (χ0) is 17.3. The molecule has 0 amide bonds. The number of non-ortho nitro benzene ring substituents is 1. The Morgan fingerprint density at radius 1 is 0.958 bits per heavy atom. The predicted molar refractivity (Wildman–Crippen MR) is 84.6 cm³/mol. The molecule has 9 nitrogen and oxygen atoms in total. The van der Waals surface area contributed by atoms with Crippen molar-refractivity contribution in [1.29, 1.82) is 5.26 Å². The smallest absolute Gasteiger partial charge is 0.258 e. The molecule has 3 rings (SSSR count). The van der Waals surface area contributed by atoms with Gasteiger partial charge in [0.2, 0.25) is 0 Å². The summed E-state index contributed by atoms with van der Waals surface area (Å²) < 4.78 is 7.95. The van der Waals surface area contributed by atoms with E-state index in [2.05, 4.69) is 8.75 Å². The van der Waals surface area contributed by atoms with Crippen LogP contribution < -0.4 is 0 Å². The van der Waals surface area contributed by atoms with Gasteiger partial charge in [-0.05, 0) is 6.07 Å². The van der Waals surface area contributed by atoms with E-state index in [0.29, 0.717) is 5.56 Å². The normalized spacial score (nSPS) is 11.8. The van der Waals surface area contributed by atoms with E-state index >= 15 is 0 Å². The number of fused-ring (bicyclic) bond motifs is 1. The van der Waals surface area contributed by atoms with Crippen LogP contribution in [0, 0.1) is 31.6 Å². The Labute approximate surface area is 138 Å². The first-order chi connectivity index (χ1) is 11.5. The Balaban J connectivity index is 2.25. The van der Waals surface area contributed by atoms with Crippen LogP contribution in [0.5, 0.6) is 0 Å². The van der Waals surface area contributed by atoms with E-state index in [9.17, 15) is 25.5 Å². The van der Waals surface area contributed by atoms with E-state index in [0.717, 1.165) is 11.7 Å². The number of benzene rings is 2. The fourth-order valence-electron chi connectivity index (χ4n) is 2.46. The van der Waals surface area contributed by atoms with Gasteiger partial charge in [0.05, 0.1) is 33.2 Å². The van der Waals surface area contributed by atoms with Crippen LogP contribution in [-0.4, -0.2) is 18.6 Å². The molecule has 10 heteroatoms. The van der Waals surface area contributed by atoms with E-state index < -0.39 is 15.8 Å². The molecule has 1 heterocycles. The Morgan fingerprint density at radius 3 is 2.29 bits per heavy atom. The second kappa shape index (κ2) is 5.98. The van der Waals surface area contributed by atoms with Crippen LogP contribution in [0.3, 0.4) is 0 Å². The maximum absolute atomic E-state index is 11.2. The number of hydrogen-bond donors (Lipinski definition) is 0. The van der Waals surface area contributed by atoms with Crippen molar-refractivity contribution in [3.8, 4) is 6.07 Å². The van der Waals surface area contributed by atoms with Gasteiger partial charge in [-0.2, -0.15) is 14.0 Å². The fourth-order valence-corrected chi connectivity index (χ4v) is 3.03. The lowest BCUT2D eigenvalue weighted by molar-refractivity contribution is -0.385. The number of nitro groups is 2. The van der Waals surface area contributed by atoms with Gasteiger partial charge in [0.25, 0.3) is 11.4 Å². The minimum atomic E-state index is -0.987. The number of para-hydroxylation sites is 1. The molecular formula is C14H7N5O4S. The van der Waals surface area contributed by atoms with Gasteiger partial charge in [-0.3, -0.25) is 20.2 Å². The molecule has 0 aliphatic rings. The van der Waals surface area contributed by atoms with Crippen LogP contribution in [0.2, 0.25) is 0 Å². The Morgan fingerprint density at radius 2 is 1.62 bits per heavy atom. The lowest BCUT2D eigenvalue weighted by Gasteiger charge is -2.10. The maximum Gasteiger partial charge on any atom is 0.298 e. The molecule has 1 unspecified atom stereocenters. The molecule has 3 aromatic rings. The summed E-state index contributed by atoms with van der Waals surface area (Å²) in [5.41, 5.74) is 0.412. The molecule has 24 heavy (non-hydrogen) atoms. The summed E-state index contributed by atoms with van der Waals surface area (Å²) >= 11 is 0.784. The van der Waals surface area contributed by atoms with Crippen LogP contribution in [-0.2, 0) is 0 Å². The molecule has 0 saturated heterocycles. The van der Waals surface area contributed by atoms with Crippen LogP contribution in [0.25, 0.3) is 11.0 Å². The summed E-state index contributed by atoms with van der Waals surface area (Å²) in [6.45, 7) is 0. The van der Waals surface area contributed by atoms with E-state index in [4.69, 9.17) is 0 Å². The van der Waals surface area contributed by atoms with E-state index in [-0.39, 0.29) is 28.0 Å². The third-order valence-electron chi connectivity index (χ3n) is 3.51. The van der Waals surface area contributed by atoms with E-state index in [1.54, 1.807) is 6.07 Å². The average molecular weight is 341 g/mol. The average Bonchev–Trinajstić information content (AvgIpc) is 3.05. The van der Waals surface area contributed by atoms with Crippen molar-refractivity contribution in [2.24, 2.45) is 0 Å². The maximum atomic E-state index is 11.2. The second-order valence-corrected chi connectivity index (χ2v) is 5.30. The van der Waals surface area contributed by atoms with Gasteiger partial charge in [0.1, 0.15) is 11.4 Å². The van der Waals surface area contributed by atoms with Gasteiger partial charge in [-0.1, -0.05) is 18.2 Å². The Kier molecular flexibility index (Phi) is 3.85. The fraction of sp³-hybridized carbons (Fsp3) is 0.0714. The minimum absolute atomic E-state index is 0.0707. The topological polar surface area (TPSA) is 136 Å². The number of nitrogens with zero attached hydrogens (tertiary/aromatic N) is 5. The third kappa shape index (κ3) is 2.42. The molecule has 2 aromatic carbocycles. The first kappa shape index (κ1) is 15.4. The molecule has 0 N–H and O–H groups in total. The number of nitro benzene ring substituents is 2. The van der Waals surface area contributed by atoms with Gasteiger partial charge < -0.3 is 0 Å². The van der Waals surface area contributed by atoms with Crippen LogP contribution in [0.4, 0.5) is 11.4 Å². The number of rotatable bonds is 4. The van der Waals surface area contributed by atoms with Crippen molar-refractivity contribution < 1.29 is 9.85 Å². The molecule has 1 aromatic heterocycles. The zero-order valence-corrected chi connectivity index (χ0v) is 12.6. The molecule has 0 radical (unpaired) electrons. The molecule has 0 spiro atoms. The van der Waals surface area contributed by atoms with E-state index in [1.165, 1.54) is 30.3 Å². The molecule has 0 bridgehead atoms. The van der Waals surface area contributed by atoms with Gasteiger partial charge in [0, 0.05) is 17.7 Å². The standard InChI is InChI=1S/C14H7N5O4S/c15-7-10(8-3-1-2-4-11(8)18(20)21)9-5-6-12(19(22)23)14-13(9)16-24-17-14/h1-6,10H. The van der Waals surface area contributed by atoms with Crippen LogP contribution >= 0.6 is 11.7 Å². The molecule has 0 aliphatic carbocycles. The van der Waals surface area contributed by atoms with Gasteiger partial charge >= 0.3 is 0 Å². The van der Waals surface area contributed by atoms with Crippen molar-refractivity contribution in [2.45, 2.75) is 5.92 Å². The summed E-state index contributed by atoms with van der Waals surface area (Å²) in [4.78, 5) is 21.1. The lowest BCUT2D eigenvalue weighted by atomic mass is 9.90. The summed E-state index contributed by atoms with van der Waals surface area (Å²) in [6.07, 6.45) is 0. The second-order valence-electron chi connectivity index (χ2n) is 4.77. The number of nitriles is 1. The molecule has 118 valence electrons. The van der Waals surface area contributed by atoms with Crippen LogP contribution in [0.1, 0.15) is 17.0 Å². The summed E-state index contributed by atoms with van der Waals surface area (Å²) in [5, 5.41) is 31.8. The molecule has 0 fully saturated rings. The van der Waals surface area contributed by atoms with Gasteiger partial charge in [-0.25, -0.2) is 0 Å². The first-order valence-corrected chi connectivity index (χ1v) is 7.30. The third-order valence-corrected chi connectivity index (χ3v) is 4.04. The number of aromatic nitrogens is 2. The Bertz CT molecular complexity index is 1010. The molecule has 0 saturated carbocycles. The SMILES string of the molecule is N#CC(c1ccccc1[N+](=O)[O-])c1ccc([N+](=O)[O-])c2nsnc12. The van der Waals surface area contributed by atoms with E-state index in [1.807, 2.05) is 6.07 Å². The summed E-state index contributed by atoms with van der Waals surface area (Å²) in [6, 6.07) is 10.5. The Hall–Kier alpha value is -3.45. The zero-order valence-electron chi connectivity index (χ0n) is 11.8. The molecular weight excluding hydrogens is 334 g/mol. The van der Waals surface area contributed by atoms with Crippen molar-refractivity contribution >= 4 is 34.1 Å². The largest absolute Gasteiger partial charge is 0.298 e. The summed E-state index contributed by atoms with van der Waals surface area (Å²) in [7, 11) is 0. The molecule has 0 aliphatic heterocycles. The number of hydrogen-bond acceptors (Lipinski definition) is 8. The molecule has 1 atom stereocenters. The van der Waals surface area contributed by atoms with Gasteiger partial charge in [-0.15, -0.1) is 0 Å². The van der Waals surface area contributed by atoms with Crippen molar-refractivity contribution in [3.63, 3.8) is 0 Å². The monoisotopic (exact) mass is 341 g/mol. The summed E-state index contributed by atoms with van der Waals surface area (Å²) in [5.74, 6) is -0.987. The highest BCUT2D eigenvalue weighted by atomic mass is 32.1. The van der Waals surface area contributed by atoms with Crippen molar-refractivity contribution in [1.82, 2.24) is 8.75 Å². The minimum Gasteiger partial charge on any atom is -0.258 e.